The van der Waals surface area contributed by atoms with Crippen molar-refractivity contribution >= 4 is 23.6 Å². The Bertz CT molecular complexity index is 478. The summed E-state index contributed by atoms with van der Waals surface area (Å²) in [6.07, 6.45) is -0.435. The molecule has 0 aromatic carbocycles. The molecule has 1 saturated heterocycles. The Hall–Kier alpha value is -1.92. The molecule has 2 rings (SSSR count). The van der Waals surface area contributed by atoms with Crippen molar-refractivity contribution in [2.24, 2.45) is 11.3 Å². The minimum absolute atomic E-state index is 0.148. The van der Waals surface area contributed by atoms with Gasteiger partial charge in [-0.1, -0.05) is 0 Å². The highest BCUT2D eigenvalue weighted by Gasteiger charge is 2.53. The zero-order valence-corrected chi connectivity index (χ0v) is 12.0. The molecule has 116 valence electrons. The quantitative estimate of drug-likeness (QED) is 0.599. The minimum Gasteiger partial charge on any atom is -0.465 e. The van der Waals surface area contributed by atoms with Crippen LogP contribution in [-0.4, -0.2) is 53.3 Å². The molecule has 2 aliphatic rings. The number of rotatable bonds is 2. The van der Waals surface area contributed by atoms with Gasteiger partial charge in [0.05, 0.1) is 13.0 Å². The Kier molecular flexibility index (Phi) is 4.29. The normalized spacial score (nSPS) is 25.0. The van der Waals surface area contributed by atoms with E-state index in [1.54, 1.807) is 6.92 Å². The van der Waals surface area contributed by atoms with Gasteiger partial charge in [0.25, 0.3) is 0 Å². The van der Waals surface area contributed by atoms with Crippen LogP contribution in [0.3, 0.4) is 0 Å². The molecule has 1 atom stereocenters. The van der Waals surface area contributed by atoms with Gasteiger partial charge in [0, 0.05) is 24.9 Å². The lowest BCUT2D eigenvalue weighted by Gasteiger charge is -2.45. The molecule has 7 heteroatoms. The maximum Gasteiger partial charge on any atom is 0.407 e. The number of hydrogen-bond donors (Lipinski definition) is 1. The van der Waals surface area contributed by atoms with E-state index in [-0.39, 0.29) is 38.3 Å². The third kappa shape index (κ3) is 2.91. The maximum absolute atomic E-state index is 12.2. The first kappa shape index (κ1) is 15.5. The highest BCUT2D eigenvalue weighted by molar-refractivity contribution is 6.11. The zero-order valence-electron chi connectivity index (χ0n) is 12.0. The molecule has 1 amide bonds. The van der Waals surface area contributed by atoms with Gasteiger partial charge in [-0.3, -0.25) is 14.4 Å². The summed E-state index contributed by atoms with van der Waals surface area (Å²) in [5.41, 5.74) is -0.773. The van der Waals surface area contributed by atoms with E-state index in [4.69, 9.17) is 9.84 Å². The third-order valence-corrected chi connectivity index (χ3v) is 4.41. The molecule has 1 heterocycles. The van der Waals surface area contributed by atoms with Gasteiger partial charge < -0.3 is 14.7 Å². The summed E-state index contributed by atoms with van der Waals surface area (Å²) in [7, 11) is 0. The molecule has 2 fully saturated rings. The van der Waals surface area contributed by atoms with E-state index in [2.05, 4.69) is 0 Å². The number of Topliss-reactive ketones (excluding diaryl/α,β-unsaturated/α-hetero) is 2. The molecule has 1 spiro atoms. The van der Waals surface area contributed by atoms with Gasteiger partial charge in [-0.05, 0) is 19.8 Å². The van der Waals surface area contributed by atoms with Gasteiger partial charge >= 0.3 is 12.1 Å². The van der Waals surface area contributed by atoms with Crippen LogP contribution in [0.5, 0.6) is 0 Å². The highest BCUT2D eigenvalue weighted by atomic mass is 16.5. The number of ether oxygens (including phenoxy) is 1. The average molecular weight is 297 g/mol. The van der Waals surface area contributed by atoms with E-state index in [0.717, 1.165) is 0 Å². The SMILES string of the molecule is CCOC(=O)C1C(=O)CC(=O)CC12CCN(C(=O)O)CC2. The number of carbonyl (C=O) groups excluding carboxylic acids is 3. The van der Waals surface area contributed by atoms with E-state index in [9.17, 15) is 19.2 Å². The van der Waals surface area contributed by atoms with Gasteiger partial charge in [0.2, 0.25) is 0 Å². The average Bonchev–Trinajstić information content (AvgIpc) is 2.38. The van der Waals surface area contributed by atoms with Crippen molar-refractivity contribution in [3.63, 3.8) is 0 Å². The number of nitrogens with zero attached hydrogens (tertiary/aromatic N) is 1. The Morgan fingerprint density at radius 3 is 2.48 bits per heavy atom. The molecule has 21 heavy (non-hydrogen) atoms. The number of likely N-dealkylation sites (tertiary alicyclic amines) is 1. The lowest BCUT2D eigenvalue weighted by atomic mass is 9.60. The second-order valence-corrected chi connectivity index (χ2v) is 5.68. The van der Waals surface area contributed by atoms with Crippen LogP contribution in [0.25, 0.3) is 0 Å². The molecular formula is C14H19NO6. The van der Waals surface area contributed by atoms with Crippen LogP contribution in [0.15, 0.2) is 0 Å². The van der Waals surface area contributed by atoms with Gasteiger partial charge in [0.1, 0.15) is 11.7 Å². The smallest absolute Gasteiger partial charge is 0.407 e. The Morgan fingerprint density at radius 1 is 1.33 bits per heavy atom. The summed E-state index contributed by atoms with van der Waals surface area (Å²) in [6.45, 7) is 2.29. The number of ketones is 2. The number of hydrogen-bond acceptors (Lipinski definition) is 5. The first-order valence-electron chi connectivity index (χ1n) is 7.08. The van der Waals surface area contributed by atoms with Crippen LogP contribution in [0.4, 0.5) is 4.79 Å². The summed E-state index contributed by atoms with van der Waals surface area (Å²) in [6, 6.07) is 0. The predicted molar refractivity (Wildman–Crippen MR) is 70.6 cm³/mol. The number of piperidine rings is 1. The fraction of sp³-hybridized carbons (Fsp3) is 0.714. The zero-order chi connectivity index (χ0) is 15.6. The number of esters is 1. The Labute approximate surface area is 122 Å². The van der Waals surface area contributed by atoms with Crippen molar-refractivity contribution in [3.05, 3.63) is 0 Å². The van der Waals surface area contributed by atoms with E-state index >= 15 is 0 Å². The van der Waals surface area contributed by atoms with Gasteiger partial charge in [-0.15, -0.1) is 0 Å². The molecule has 1 N–H and O–H groups in total. The first-order valence-corrected chi connectivity index (χ1v) is 7.08. The lowest BCUT2D eigenvalue weighted by Crippen LogP contribution is -2.53. The van der Waals surface area contributed by atoms with E-state index < -0.39 is 29.2 Å². The fourth-order valence-electron chi connectivity index (χ4n) is 3.41. The monoisotopic (exact) mass is 297 g/mol. The van der Waals surface area contributed by atoms with E-state index in [1.165, 1.54) is 4.90 Å². The highest BCUT2D eigenvalue weighted by Crippen LogP contribution is 2.46. The first-order chi connectivity index (χ1) is 9.89. The van der Waals surface area contributed by atoms with Crippen molar-refractivity contribution in [2.75, 3.05) is 19.7 Å². The Balaban J connectivity index is 2.24. The van der Waals surface area contributed by atoms with Crippen molar-refractivity contribution in [1.82, 2.24) is 4.90 Å². The molecule has 0 bridgehead atoms. The van der Waals surface area contributed by atoms with Crippen LogP contribution < -0.4 is 0 Å². The largest absolute Gasteiger partial charge is 0.465 e. The Morgan fingerprint density at radius 2 is 1.95 bits per heavy atom. The van der Waals surface area contributed by atoms with Crippen LogP contribution in [0, 0.1) is 11.3 Å². The van der Waals surface area contributed by atoms with Crippen LogP contribution in [0.2, 0.25) is 0 Å². The van der Waals surface area contributed by atoms with Crippen LogP contribution in [0.1, 0.15) is 32.6 Å². The van der Waals surface area contributed by atoms with Crippen LogP contribution in [-0.2, 0) is 19.1 Å². The van der Waals surface area contributed by atoms with Crippen molar-refractivity contribution in [1.29, 1.82) is 0 Å². The summed E-state index contributed by atoms with van der Waals surface area (Å²) >= 11 is 0. The van der Waals surface area contributed by atoms with Crippen molar-refractivity contribution < 1.29 is 29.0 Å². The maximum atomic E-state index is 12.2. The molecule has 0 aromatic heterocycles. The number of carboxylic acid groups (broad SMARTS) is 1. The third-order valence-electron chi connectivity index (χ3n) is 4.41. The lowest BCUT2D eigenvalue weighted by molar-refractivity contribution is -0.163. The topological polar surface area (TPSA) is 101 Å². The number of carbonyl (C=O) groups is 4. The predicted octanol–water partition coefficient (Wildman–Crippen LogP) is 0.858. The van der Waals surface area contributed by atoms with Gasteiger partial charge in [0.15, 0.2) is 5.78 Å². The summed E-state index contributed by atoms with van der Waals surface area (Å²) < 4.78 is 4.99. The summed E-state index contributed by atoms with van der Waals surface area (Å²) in [5, 5.41) is 8.99. The van der Waals surface area contributed by atoms with Gasteiger partial charge in [-0.25, -0.2) is 4.79 Å². The molecule has 0 radical (unpaired) electrons. The standard InChI is InChI=1S/C14H19NO6/c1-2-21-12(18)11-10(17)7-9(16)8-14(11)3-5-15(6-4-14)13(19)20/h11H,2-8H2,1H3,(H,19,20). The van der Waals surface area contributed by atoms with Crippen molar-refractivity contribution in [3.8, 4) is 0 Å². The molecular weight excluding hydrogens is 278 g/mol. The fourth-order valence-corrected chi connectivity index (χ4v) is 3.41. The number of amides is 1. The second-order valence-electron chi connectivity index (χ2n) is 5.68. The van der Waals surface area contributed by atoms with Crippen molar-refractivity contribution in [2.45, 2.75) is 32.6 Å². The second kappa shape index (κ2) is 5.83. The van der Waals surface area contributed by atoms with E-state index in [1.807, 2.05) is 0 Å². The molecule has 0 aromatic rings. The molecule has 1 aliphatic heterocycles. The summed E-state index contributed by atoms with van der Waals surface area (Å²) in [5.74, 6) is -2.09. The molecule has 1 saturated carbocycles. The van der Waals surface area contributed by atoms with E-state index in [0.29, 0.717) is 12.8 Å². The molecule has 7 nitrogen and oxygen atoms in total. The minimum atomic E-state index is -1.02. The molecule has 1 aliphatic carbocycles. The van der Waals surface area contributed by atoms with Gasteiger partial charge in [-0.2, -0.15) is 0 Å². The molecule has 1 unspecified atom stereocenters. The summed E-state index contributed by atoms with van der Waals surface area (Å²) in [4.78, 5) is 48.3. The van der Waals surface area contributed by atoms with Crippen LogP contribution >= 0.6 is 0 Å².